The number of hydrogen-bond donors (Lipinski definition) is 2. The number of rotatable bonds is 1. The monoisotopic (exact) mass is 278 g/mol. The Morgan fingerprint density at radius 2 is 2.00 bits per heavy atom. The summed E-state index contributed by atoms with van der Waals surface area (Å²) < 4.78 is 11.2. The second-order valence-corrected chi connectivity index (χ2v) is 5.15. The molecule has 0 radical (unpaired) electrons. The van der Waals surface area contributed by atoms with E-state index >= 15 is 0 Å². The highest BCUT2D eigenvalue weighted by molar-refractivity contribution is 7.80. The third kappa shape index (κ3) is 2.02. The maximum Gasteiger partial charge on any atom is 0.256 e. The van der Waals surface area contributed by atoms with Crippen LogP contribution in [0.4, 0.5) is 0 Å². The quantitative estimate of drug-likeness (QED) is 0.752. The van der Waals surface area contributed by atoms with Gasteiger partial charge in [0.2, 0.25) is 0 Å². The van der Waals surface area contributed by atoms with Crippen molar-refractivity contribution in [3.05, 3.63) is 23.8 Å². The molecule has 0 saturated carbocycles. The minimum Gasteiger partial charge on any atom is -0.490 e. The summed E-state index contributed by atoms with van der Waals surface area (Å²) in [6, 6.07) is 5.52. The number of carbonyl (C=O) groups excluding carboxylic acids is 1. The van der Waals surface area contributed by atoms with Gasteiger partial charge in [-0.25, -0.2) is 0 Å². The number of hydrogen-bond acceptors (Lipinski definition) is 4. The molecule has 1 amide bonds. The molecule has 1 atom stereocenters. The number of carbonyl (C=O) groups is 1. The van der Waals surface area contributed by atoms with Gasteiger partial charge in [0, 0.05) is 6.42 Å². The molecule has 1 unspecified atom stereocenters. The molecule has 2 aliphatic heterocycles. The fourth-order valence-corrected chi connectivity index (χ4v) is 2.52. The molecule has 2 aliphatic rings. The Labute approximate surface area is 116 Å². The lowest BCUT2D eigenvalue weighted by Crippen LogP contribution is -2.40. The second kappa shape index (κ2) is 4.38. The van der Waals surface area contributed by atoms with E-state index in [2.05, 4.69) is 10.6 Å². The molecule has 100 valence electrons. The average Bonchev–Trinajstić information content (AvgIpc) is 2.57. The zero-order chi connectivity index (χ0) is 13.5. The van der Waals surface area contributed by atoms with Gasteiger partial charge in [-0.05, 0) is 36.8 Å². The Bertz CT molecular complexity index is 561. The maximum atomic E-state index is 12.0. The molecule has 2 heterocycles. The van der Waals surface area contributed by atoms with Crippen LogP contribution in [0.15, 0.2) is 18.2 Å². The molecule has 1 aromatic carbocycles. The number of thiocarbonyl (C=S) groups is 1. The molecule has 0 bridgehead atoms. The lowest BCUT2D eigenvalue weighted by Gasteiger charge is -2.22. The minimum absolute atomic E-state index is 0.160. The maximum absolute atomic E-state index is 12.0. The number of fused-ring (bicyclic) bond motifs is 1. The molecule has 1 fully saturated rings. The fourth-order valence-electron chi connectivity index (χ4n) is 2.22. The van der Waals surface area contributed by atoms with Gasteiger partial charge in [0.1, 0.15) is 5.54 Å². The third-order valence-corrected chi connectivity index (χ3v) is 3.57. The van der Waals surface area contributed by atoms with Gasteiger partial charge in [0.15, 0.2) is 16.6 Å². The fraction of sp³-hybridized carbons (Fsp3) is 0.385. The van der Waals surface area contributed by atoms with E-state index in [1.165, 1.54) is 0 Å². The van der Waals surface area contributed by atoms with Gasteiger partial charge in [0.25, 0.3) is 5.91 Å². The summed E-state index contributed by atoms with van der Waals surface area (Å²) in [6.07, 6.45) is 0.851. The van der Waals surface area contributed by atoms with E-state index in [9.17, 15) is 4.79 Å². The molecule has 3 rings (SSSR count). The summed E-state index contributed by atoms with van der Waals surface area (Å²) in [5.41, 5.74) is -0.0593. The highest BCUT2D eigenvalue weighted by atomic mass is 32.1. The van der Waals surface area contributed by atoms with Crippen molar-refractivity contribution in [2.24, 2.45) is 0 Å². The highest BCUT2D eigenvalue weighted by Gasteiger charge is 2.42. The molecular formula is C13H14N2O3S. The third-order valence-electron chi connectivity index (χ3n) is 3.37. The van der Waals surface area contributed by atoms with Crippen molar-refractivity contribution < 1.29 is 14.3 Å². The van der Waals surface area contributed by atoms with Crippen molar-refractivity contribution in [1.82, 2.24) is 10.6 Å². The van der Waals surface area contributed by atoms with Crippen LogP contribution in [0.1, 0.15) is 18.9 Å². The summed E-state index contributed by atoms with van der Waals surface area (Å²) in [6.45, 7) is 3.05. The van der Waals surface area contributed by atoms with Crippen LogP contribution in [0.5, 0.6) is 11.5 Å². The van der Waals surface area contributed by atoms with Crippen LogP contribution in [0.25, 0.3) is 0 Å². The highest BCUT2D eigenvalue weighted by Crippen LogP contribution is 2.35. The zero-order valence-electron chi connectivity index (χ0n) is 10.5. The molecule has 6 heteroatoms. The van der Waals surface area contributed by atoms with E-state index in [1.54, 1.807) is 6.92 Å². The van der Waals surface area contributed by atoms with E-state index in [4.69, 9.17) is 21.7 Å². The predicted molar refractivity (Wildman–Crippen MR) is 73.3 cm³/mol. The molecule has 2 N–H and O–H groups in total. The van der Waals surface area contributed by atoms with Crippen molar-refractivity contribution >= 4 is 23.2 Å². The molecular weight excluding hydrogens is 264 g/mol. The Balaban J connectivity index is 2.00. The van der Waals surface area contributed by atoms with Crippen LogP contribution in [-0.2, 0) is 10.3 Å². The first-order chi connectivity index (χ1) is 9.09. The van der Waals surface area contributed by atoms with Gasteiger partial charge in [-0.1, -0.05) is 6.07 Å². The molecule has 0 aromatic heterocycles. The van der Waals surface area contributed by atoms with Crippen LogP contribution in [0.2, 0.25) is 0 Å². The van der Waals surface area contributed by atoms with Crippen LogP contribution in [0, 0.1) is 0 Å². The van der Waals surface area contributed by atoms with E-state index < -0.39 is 5.54 Å². The summed E-state index contributed by atoms with van der Waals surface area (Å²) in [4.78, 5) is 12.0. The largest absolute Gasteiger partial charge is 0.490 e. The van der Waals surface area contributed by atoms with E-state index in [0.29, 0.717) is 29.8 Å². The Kier molecular flexibility index (Phi) is 2.82. The van der Waals surface area contributed by atoms with Crippen molar-refractivity contribution in [2.75, 3.05) is 13.2 Å². The minimum atomic E-state index is -0.859. The summed E-state index contributed by atoms with van der Waals surface area (Å²) >= 11 is 4.99. The van der Waals surface area contributed by atoms with Gasteiger partial charge in [-0.3, -0.25) is 4.79 Å². The molecule has 5 nitrogen and oxygen atoms in total. The zero-order valence-corrected chi connectivity index (χ0v) is 11.3. The molecule has 0 spiro atoms. The molecule has 19 heavy (non-hydrogen) atoms. The first-order valence-corrected chi connectivity index (χ1v) is 6.54. The van der Waals surface area contributed by atoms with Crippen molar-refractivity contribution in [3.63, 3.8) is 0 Å². The van der Waals surface area contributed by atoms with Crippen LogP contribution in [-0.4, -0.2) is 24.2 Å². The van der Waals surface area contributed by atoms with E-state index in [-0.39, 0.29) is 5.91 Å². The van der Waals surface area contributed by atoms with Crippen molar-refractivity contribution in [1.29, 1.82) is 0 Å². The van der Waals surface area contributed by atoms with Crippen molar-refractivity contribution in [2.45, 2.75) is 18.9 Å². The lowest BCUT2D eigenvalue weighted by molar-refractivity contribution is -0.123. The summed E-state index contributed by atoms with van der Waals surface area (Å²) in [5, 5.41) is 5.95. The smallest absolute Gasteiger partial charge is 0.256 e. The standard InChI is InChI=1S/C13H14N2O3S/c1-13(11(16)14-12(19)15-13)8-3-4-9-10(7-8)18-6-2-5-17-9/h3-4,7H,2,5-6H2,1H3,(H2,14,15,16,19). The Morgan fingerprint density at radius 3 is 2.68 bits per heavy atom. The van der Waals surface area contributed by atoms with Crippen molar-refractivity contribution in [3.8, 4) is 11.5 Å². The average molecular weight is 278 g/mol. The van der Waals surface area contributed by atoms with Gasteiger partial charge >= 0.3 is 0 Å². The van der Waals surface area contributed by atoms with Gasteiger partial charge in [-0.2, -0.15) is 0 Å². The van der Waals surface area contributed by atoms with Gasteiger partial charge in [0.05, 0.1) is 13.2 Å². The van der Waals surface area contributed by atoms with E-state index in [0.717, 1.165) is 12.0 Å². The summed E-state index contributed by atoms with van der Waals surface area (Å²) in [7, 11) is 0. The Hall–Kier alpha value is -1.82. The molecule has 0 aliphatic carbocycles. The molecule has 1 aromatic rings. The first kappa shape index (κ1) is 12.2. The van der Waals surface area contributed by atoms with Crippen LogP contribution >= 0.6 is 12.2 Å². The Morgan fingerprint density at radius 1 is 1.26 bits per heavy atom. The topological polar surface area (TPSA) is 59.6 Å². The van der Waals surface area contributed by atoms with Gasteiger partial charge < -0.3 is 20.1 Å². The SMILES string of the molecule is CC1(c2ccc3c(c2)OCCCO3)NC(=S)NC1=O. The predicted octanol–water partition coefficient (Wildman–Crippen LogP) is 1.07. The second-order valence-electron chi connectivity index (χ2n) is 4.75. The first-order valence-electron chi connectivity index (χ1n) is 6.13. The normalized spacial score (nSPS) is 25.5. The van der Waals surface area contributed by atoms with Crippen LogP contribution < -0.4 is 20.1 Å². The lowest BCUT2D eigenvalue weighted by atomic mass is 9.92. The van der Waals surface area contributed by atoms with Crippen LogP contribution in [0.3, 0.4) is 0 Å². The summed E-state index contributed by atoms with van der Waals surface area (Å²) in [5.74, 6) is 1.22. The number of amides is 1. The van der Waals surface area contributed by atoms with Gasteiger partial charge in [-0.15, -0.1) is 0 Å². The molecule has 1 saturated heterocycles. The number of benzene rings is 1. The number of ether oxygens (including phenoxy) is 2. The number of nitrogens with one attached hydrogen (secondary N) is 2. The van der Waals surface area contributed by atoms with E-state index in [1.807, 2.05) is 18.2 Å².